The van der Waals surface area contributed by atoms with E-state index >= 15 is 0 Å². The summed E-state index contributed by atoms with van der Waals surface area (Å²) in [6, 6.07) is 15.0. The van der Waals surface area contributed by atoms with Gasteiger partial charge in [-0.2, -0.15) is 0 Å². The fraction of sp³-hybridized carbons (Fsp3) is 0.350. The Labute approximate surface area is 153 Å². The number of nitrogens with zero attached hydrogens (tertiary/aromatic N) is 3. The van der Waals surface area contributed by atoms with Crippen molar-refractivity contribution in [3.63, 3.8) is 0 Å². The molecule has 0 bridgehead atoms. The summed E-state index contributed by atoms with van der Waals surface area (Å²) in [5.41, 5.74) is 1.82. The van der Waals surface area contributed by atoms with E-state index in [-0.39, 0.29) is 18.0 Å². The Hall–Kier alpha value is -2.89. The van der Waals surface area contributed by atoms with E-state index in [9.17, 15) is 9.59 Å². The molecule has 1 aliphatic heterocycles. The van der Waals surface area contributed by atoms with E-state index in [4.69, 9.17) is 0 Å². The first kappa shape index (κ1) is 17.9. The molecule has 0 aliphatic carbocycles. The van der Waals surface area contributed by atoms with Gasteiger partial charge in [-0.1, -0.05) is 36.4 Å². The Balaban J connectivity index is 1.68. The zero-order valence-corrected chi connectivity index (χ0v) is 15.0. The summed E-state index contributed by atoms with van der Waals surface area (Å²) in [5, 5.41) is 3.07. The average Bonchev–Trinajstić information content (AvgIpc) is 3.07. The number of urea groups is 1. The van der Waals surface area contributed by atoms with Gasteiger partial charge in [0.2, 0.25) is 5.91 Å². The minimum absolute atomic E-state index is 0.155. The number of aromatic nitrogens is 1. The van der Waals surface area contributed by atoms with Gasteiger partial charge in [0, 0.05) is 32.8 Å². The predicted molar refractivity (Wildman–Crippen MR) is 99.2 cm³/mol. The van der Waals surface area contributed by atoms with Crippen molar-refractivity contribution in [2.75, 3.05) is 20.1 Å². The summed E-state index contributed by atoms with van der Waals surface area (Å²) >= 11 is 0. The van der Waals surface area contributed by atoms with E-state index in [0.29, 0.717) is 19.5 Å². The van der Waals surface area contributed by atoms with E-state index < -0.39 is 0 Å². The van der Waals surface area contributed by atoms with E-state index in [0.717, 1.165) is 24.2 Å². The average molecular weight is 352 g/mol. The third-order valence-corrected chi connectivity index (χ3v) is 4.55. The van der Waals surface area contributed by atoms with E-state index in [2.05, 4.69) is 10.3 Å². The second kappa shape index (κ2) is 8.47. The Morgan fingerprint density at radius 3 is 2.65 bits per heavy atom. The van der Waals surface area contributed by atoms with Crippen LogP contribution >= 0.6 is 0 Å². The fourth-order valence-electron chi connectivity index (χ4n) is 3.10. The molecule has 136 valence electrons. The van der Waals surface area contributed by atoms with Crippen molar-refractivity contribution in [2.24, 2.45) is 0 Å². The number of hydrogen-bond acceptors (Lipinski definition) is 3. The lowest BCUT2D eigenvalue weighted by molar-refractivity contribution is -0.128. The summed E-state index contributed by atoms with van der Waals surface area (Å²) < 4.78 is 0. The minimum atomic E-state index is -0.239. The summed E-state index contributed by atoms with van der Waals surface area (Å²) in [7, 11) is 1.74. The molecule has 2 heterocycles. The Morgan fingerprint density at radius 2 is 2.00 bits per heavy atom. The molecule has 1 aliphatic rings. The van der Waals surface area contributed by atoms with E-state index in [1.54, 1.807) is 18.1 Å². The number of carbonyl (C=O) groups is 2. The van der Waals surface area contributed by atoms with Crippen LogP contribution in [0, 0.1) is 0 Å². The summed E-state index contributed by atoms with van der Waals surface area (Å²) in [6.45, 7) is 1.67. The van der Waals surface area contributed by atoms with Crippen molar-refractivity contribution in [2.45, 2.75) is 25.4 Å². The normalized spacial score (nSPS) is 15.0. The van der Waals surface area contributed by atoms with Gasteiger partial charge in [-0.15, -0.1) is 0 Å². The second-order valence-electron chi connectivity index (χ2n) is 6.53. The highest BCUT2D eigenvalue weighted by atomic mass is 16.2. The highest BCUT2D eigenvalue weighted by Crippen LogP contribution is 2.19. The third kappa shape index (κ3) is 4.59. The molecule has 0 radical (unpaired) electrons. The van der Waals surface area contributed by atoms with Crippen molar-refractivity contribution >= 4 is 11.9 Å². The lowest BCUT2D eigenvalue weighted by atomic mass is 10.1. The van der Waals surface area contributed by atoms with Crippen molar-refractivity contribution in [3.05, 3.63) is 66.0 Å². The van der Waals surface area contributed by atoms with Gasteiger partial charge in [0.25, 0.3) is 0 Å². The smallest absolute Gasteiger partial charge is 0.318 e. The van der Waals surface area contributed by atoms with E-state index in [1.165, 1.54) is 0 Å². The standard InChI is InChI=1S/C20H24N4O2/c1-23(14-17-10-5-6-12-21-17)20(26)22-18(16-8-3-2-4-9-16)15-24-13-7-11-19(24)25/h2-6,8-10,12,18H,7,11,13-15H2,1H3,(H,22,26). The molecule has 2 aromatic rings. The van der Waals surface area contributed by atoms with Crippen LogP contribution in [0.1, 0.15) is 30.1 Å². The first-order chi connectivity index (χ1) is 12.6. The molecule has 6 heteroatoms. The maximum atomic E-state index is 12.7. The van der Waals surface area contributed by atoms with Gasteiger partial charge in [-0.25, -0.2) is 4.79 Å². The first-order valence-corrected chi connectivity index (χ1v) is 8.88. The Bertz CT molecular complexity index is 736. The molecule has 6 nitrogen and oxygen atoms in total. The van der Waals surface area contributed by atoms with Crippen LogP contribution in [0.5, 0.6) is 0 Å². The van der Waals surface area contributed by atoms with Gasteiger partial charge in [0.05, 0.1) is 18.3 Å². The number of benzene rings is 1. The third-order valence-electron chi connectivity index (χ3n) is 4.55. The molecule has 26 heavy (non-hydrogen) atoms. The van der Waals surface area contributed by atoms with E-state index in [1.807, 2.05) is 53.4 Å². The molecule has 3 amide bonds. The number of pyridine rings is 1. The van der Waals surface area contributed by atoms with Crippen LogP contribution in [0.4, 0.5) is 4.79 Å². The molecule has 0 saturated carbocycles. The fourth-order valence-corrected chi connectivity index (χ4v) is 3.10. The zero-order valence-electron chi connectivity index (χ0n) is 15.0. The lowest BCUT2D eigenvalue weighted by Gasteiger charge is -2.27. The maximum Gasteiger partial charge on any atom is 0.318 e. The highest BCUT2D eigenvalue weighted by Gasteiger charge is 2.26. The van der Waals surface area contributed by atoms with Gasteiger partial charge in [0.1, 0.15) is 0 Å². The summed E-state index contributed by atoms with van der Waals surface area (Å²) in [6.07, 6.45) is 3.19. The van der Waals surface area contributed by atoms with Crippen molar-refractivity contribution in [3.8, 4) is 0 Å². The monoisotopic (exact) mass is 352 g/mol. The molecule has 1 aromatic carbocycles. The molecule has 1 unspecified atom stereocenters. The number of carbonyl (C=O) groups excluding carboxylic acids is 2. The molecule has 1 N–H and O–H groups in total. The minimum Gasteiger partial charge on any atom is -0.340 e. The number of nitrogens with one attached hydrogen (secondary N) is 1. The molecule has 1 aromatic heterocycles. The molecule has 1 saturated heterocycles. The SMILES string of the molecule is CN(Cc1ccccn1)C(=O)NC(CN1CCCC1=O)c1ccccc1. The summed E-state index contributed by atoms with van der Waals surface area (Å²) in [5.74, 6) is 0.155. The van der Waals surface area contributed by atoms with Crippen LogP contribution < -0.4 is 5.32 Å². The molecular weight excluding hydrogens is 328 g/mol. The van der Waals surface area contributed by atoms with Crippen LogP contribution in [0.15, 0.2) is 54.7 Å². The van der Waals surface area contributed by atoms with Gasteiger partial charge >= 0.3 is 6.03 Å². The van der Waals surface area contributed by atoms with Crippen molar-refractivity contribution < 1.29 is 9.59 Å². The van der Waals surface area contributed by atoms with Gasteiger partial charge in [-0.3, -0.25) is 9.78 Å². The number of hydrogen-bond donors (Lipinski definition) is 1. The molecule has 1 atom stereocenters. The first-order valence-electron chi connectivity index (χ1n) is 8.88. The van der Waals surface area contributed by atoms with Crippen LogP contribution in [0.25, 0.3) is 0 Å². The van der Waals surface area contributed by atoms with Gasteiger partial charge < -0.3 is 15.1 Å². The van der Waals surface area contributed by atoms with Crippen LogP contribution in [0.3, 0.4) is 0 Å². The molecule has 1 fully saturated rings. The second-order valence-corrected chi connectivity index (χ2v) is 6.53. The largest absolute Gasteiger partial charge is 0.340 e. The quantitative estimate of drug-likeness (QED) is 0.869. The van der Waals surface area contributed by atoms with Crippen molar-refractivity contribution in [1.82, 2.24) is 20.1 Å². The predicted octanol–water partition coefficient (Wildman–Crippen LogP) is 2.59. The summed E-state index contributed by atoms with van der Waals surface area (Å²) in [4.78, 5) is 32.4. The van der Waals surface area contributed by atoms with Gasteiger partial charge in [0.15, 0.2) is 0 Å². The van der Waals surface area contributed by atoms with Crippen LogP contribution in [0.2, 0.25) is 0 Å². The molecule has 0 spiro atoms. The van der Waals surface area contributed by atoms with Gasteiger partial charge in [-0.05, 0) is 24.1 Å². The number of amides is 3. The maximum absolute atomic E-state index is 12.7. The Morgan fingerprint density at radius 1 is 1.23 bits per heavy atom. The van der Waals surface area contributed by atoms with Crippen LogP contribution in [-0.4, -0.2) is 46.9 Å². The topological polar surface area (TPSA) is 65.5 Å². The zero-order chi connectivity index (χ0) is 18.4. The molecular formula is C20H24N4O2. The van der Waals surface area contributed by atoms with Crippen molar-refractivity contribution in [1.29, 1.82) is 0 Å². The number of rotatable bonds is 6. The van der Waals surface area contributed by atoms with Crippen LogP contribution in [-0.2, 0) is 11.3 Å². The lowest BCUT2D eigenvalue weighted by Crippen LogP contribution is -2.43. The highest BCUT2D eigenvalue weighted by molar-refractivity contribution is 5.78. The number of likely N-dealkylation sites (tertiary alicyclic amines) is 1. The Kier molecular flexibility index (Phi) is 5.84. The molecule has 3 rings (SSSR count).